The summed E-state index contributed by atoms with van der Waals surface area (Å²) in [7, 11) is 1.42. The van der Waals surface area contributed by atoms with Crippen LogP contribution in [0.2, 0.25) is 5.02 Å². The number of benzene rings is 2. The number of phenols is 1. The van der Waals surface area contributed by atoms with Crippen LogP contribution in [-0.2, 0) is 19.2 Å². The van der Waals surface area contributed by atoms with E-state index in [-0.39, 0.29) is 45.7 Å². The van der Waals surface area contributed by atoms with Crippen molar-refractivity contribution in [3.05, 3.63) is 64.5 Å². The third-order valence-corrected chi connectivity index (χ3v) is 9.25. The highest BCUT2D eigenvalue weighted by atomic mass is 35.5. The minimum Gasteiger partial charge on any atom is -0.508 e. The largest absolute Gasteiger partial charge is 0.508 e. The predicted molar refractivity (Wildman–Crippen MR) is 134 cm³/mol. The number of amides is 4. The summed E-state index contributed by atoms with van der Waals surface area (Å²) in [5.74, 6) is -7.47. The molecule has 2 aromatic carbocycles. The lowest BCUT2D eigenvalue weighted by Crippen LogP contribution is -2.49. The van der Waals surface area contributed by atoms with E-state index in [0.29, 0.717) is 5.57 Å². The summed E-state index contributed by atoms with van der Waals surface area (Å²) in [5.41, 5.74) is -0.450. The molecule has 0 aromatic heterocycles. The van der Waals surface area contributed by atoms with Crippen LogP contribution in [0.3, 0.4) is 0 Å². The summed E-state index contributed by atoms with van der Waals surface area (Å²) in [6, 6.07) is 8.22. The van der Waals surface area contributed by atoms with Crippen LogP contribution in [-0.4, -0.2) is 46.1 Å². The second-order valence-corrected chi connectivity index (χ2v) is 11.0. The second kappa shape index (κ2) is 8.62. The first-order valence-electron chi connectivity index (χ1n) is 12.5. The van der Waals surface area contributed by atoms with E-state index >= 15 is 0 Å². The van der Waals surface area contributed by atoms with Gasteiger partial charge in [-0.15, -0.1) is 0 Å². The normalized spacial score (nSPS) is 31.7. The number of fused-ring (bicyclic) bond motifs is 4. The molecule has 2 N–H and O–H groups in total. The number of imide groups is 2. The van der Waals surface area contributed by atoms with E-state index in [1.54, 1.807) is 25.1 Å². The van der Waals surface area contributed by atoms with Crippen LogP contribution in [0.25, 0.3) is 0 Å². The molecule has 6 rings (SSSR count). The van der Waals surface area contributed by atoms with E-state index < -0.39 is 64.5 Å². The number of methoxy groups -OCH3 is 1. The number of carbonyl (C=O) groups is 4. The SMILES string of the molecule is COc1cccc(O)c1C1C2=CCC3C(=O)N(O)C(=O)C3C2CC2C(=O)N(c3ccc(F)c(Cl)c3)C(=O)C21C. The molecule has 39 heavy (non-hydrogen) atoms. The van der Waals surface area contributed by atoms with Crippen LogP contribution >= 0.6 is 11.6 Å². The maximum atomic E-state index is 14.3. The third kappa shape index (κ3) is 3.28. The lowest BCUT2D eigenvalue weighted by molar-refractivity contribution is -0.173. The average Bonchev–Trinajstić information content (AvgIpc) is 3.25. The molecule has 0 bridgehead atoms. The number of nitrogens with zero attached hydrogens (tertiary/aromatic N) is 2. The van der Waals surface area contributed by atoms with Gasteiger partial charge in [0.05, 0.1) is 41.0 Å². The highest BCUT2D eigenvalue weighted by molar-refractivity contribution is 6.31. The van der Waals surface area contributed by atoms with Crippen molar-refractivity contribution in [1.82, 2.24) is 5.06 Å². The van der Waals surface area contributed by atoms with Crippen LogP contribution in [0.4, 0.5) is 10.1 Å². The molecule has 0 spiro atoms. The van der Waals surface area contributed by atoms with Crippen LogP contribution in [0, 0.1) is 34.9 Å². The van der Waals surface area contributed by atoms with Crippen molar-refractivity contribution in [3.63, 3.8) is 0 Å². The van der Waals surface area contributed by atoms with Crippen molar-refractivity contribution in [2.45, 2.75) is 25.7 Å². The molecule has 4 amide bonds. The first-order chi connectivity index (χ1) is 18.5. The van der Waals surface area contributed by atoms with E-state index in [1.807, 2.05) is 0 Å². The third-order valence-electron chi connectivity index (χ3n) is 8.96. The zero-order valence-corrected chi connectivity index (χ0v) is 21.7. The predicted octanol–water partition coefficient (Wildman–Crippen LogP) is 3.81. The van der Waals surface area contributed by atoms with E-state index in [9.17, 15) is 33.9 Å². The Morgan fingerprint density at radius 1 is 1.08 bits per heavy atom. The Morgan fingerprint density at radius 2 is 1.82 bits per heavy atom. The summed E-state index contributed by atoms with van der Waals surface area (Å²) in [6.45, 7) is 1.64. The Balaban J connectivity index is 1.58. The number of phenolic OH excluding ortho intramolecular Hbond substituents is 1. The number of carbonyl (C=O) groups excluding carboxylic acids is 4. The molecule has 11 heteroatoms. The van der Waals surface area contributed by atoms with Gasteiger partial charge in [0.2, 0.25) is 11.8 Å². The Hall–Kier alpha value is -3.76. The number of aromatic hydroxyl groups is 1. The molecule has 2 saturated heterocycles. The molecule has 9 nitrogen and oxygen atoms in total. The monoisotopic (exact) mass is 554 g/mol. The van der Waals surface area contributed by atoms with Gasteiger partial charge in [-0.05, 0) is 56.0 Å². The van der Waals surface area contributed by atoms with Crippen molar-refractivity contribution < 1.29 is 38.6 Å². The molecule has 2 aliphatic carbocycles. The number of ether oxygens (including phenoxy) is 1. The smallest absolute Gasteiger partial charge is 0.257 e. The highest BCUT2D eigenvalue weighted by Gasteiger charge is 2.68. The van der Waals surface area contributed by atoms with Crippen molar-refractivity contribution in [3.8, 4) is 11.5 Å². The topological polar surface area (TPSA) is 124 Å². The zero-order chi connectivity index (χ0) is 28.0. The molecule has 2 aliphatic heterocycles. The first kappa shape index (κ1) is 25.5. The molecule has 3 fully saturated rings. The van der Waals surface area contributed by atoms with Gasteiger partial charge >= 0.3 is 0 Å². The highest BCUT2D eigenvalue weighted by Crippen LogP contribution is 2.65. The summed E-state index contributed by atoms with van der Waals surface area (Å²) in [6.07, 6.45) is 1.98. The molecule has 2 heterocycles. The number of allylic oxidation sites excluding steroid dienone is 2. The van der Waals surface area contributed by atoms with Crippen LogP contribution in [0.15, 0.2) is 48.0 Å². The Morgan fingerprint density at radius 3 is 2.51 bits per heavy atom. The van der Waals surface area contributed by atoms with Crippen molar-refractivity contribution >= 4 is 40.9 Å². The van der Waals surface area contributed by atoms with Crippen molar-refractivity contribution in [1.29, 1.82) is 0 Å². The van der Waals surface area contributed by atoms with E-state index in [0.717, 1.165) is 11.0 Å². The van der Waals surface area contributed by atoms with Gasteiger partial charge < -0.3 is 9.84 Å². The number of hydrogen-bond donors (Lipinski definition) is 2. The van der Waals surface area contributed by atoms with Gasteiger partial charge in [-0.3, -0.25) is 24.4 Å². The number of rotatable bonds is 3. The minimum atomic E-state index is -1.44. The molecule has 4 aliphatic rings. The molecular formula is C28H24ClFN2O7. The fourth-order valence-corrected chi connectivity index (χ4v) is 7.35. The number of anilines is 1. The second-order valence-electron chi connectivity index (χ2n) is 10.6. The molecule has 6 unspecified atom stereocenters. The van der Waals surface area contributed by atoms with Crippen LogP contribution in [0.1, 0.15) is 31.2 Å². The van der Waals surface area contributed by atoms with Crippen LogP contribution in [0.5, 0.6) is 11.5 Å². The maximum absolute atomic E-state index is 14.3. The van der Waals surface area contributed by atoms with Crippen molar-refractivity contribution in [2.24, 2.45) is 29.1 Å². The summed E-state index contributed by atoms with van der Waals surface area (Å²) in [4.78, 5) is 54.9. The van der Waals surface area contributed by atoms with E-state index in [2.05, 4.69) is 0 Å². The van der Waals surface area contributed by atoms with Gasteiger partial charge in [-0.25, -0.2) is 9.29 Å². The minimum absolute atomic E-state index is 0.0543. The molecule has 6 atom stereocenters. The quantitative estimate of drug-likeness (QED) is 0.336. The van der Waals surface area contributed by atoms with Gasteiger partial charge in [0.25, 0.3) is 11.8 Å². The number of hydroxylamine groups is 2. The summed E-state index contributed by atoms with van der Waals surface area (Å²) < 4.78 is 19.5. The average molecular weight is 555 g/mol. The number of halogens is 2. The zero-order valence-electron chi connectivity index (χ0n) is 20.9. The lowest BCUT2D eigenvalue weighted by Gasteiger charge is -2.49. The summed E-state index contributed by atoms with van der Waals surface area (Å²) >= 11 is 5.98. The van der Waals surface area contributed by atoms with Gasteiger partial charge in [-0.1, -0.05) is 29.3 Å². The van der Waals surface area contributed by atoms with E-state index in [4.69, 9.17) is 16.3 Å². The molecule has 1 saturated carbocycles. The molecule has 202 valence electrons. The van der Waals surface area contributed by atoms with Gasteiger partial charge in [0.15, 0.2) is 0 Å². The Labute approximate surface area is 227 Å². The fourth-order valence-electron chi connectivity index (χ4n) is 7.18. The molecule has 2 aromatic rings. The van der Waals surface area contributed by atoms with Crippen molar-refractivity contribution in [2.75, 3.05) is 12.0 Å². The summed E-state index contributed by atoms with van der Waals surface area (Å²) in [5, 5.41) is 21.1. The standard InChI is InChI=1S/C28H24ClFN2O7/c1-28-16(25(35)31(27(28)37)12-6-9-18(30)17(29)10-12)11-15-13(7-8-14-21(15)26(36)32(38)24(14)34)23(28)22-19(33)4-3-5-20(22)39-2/h3-7,9-10,14-16,21,23,33,38H,8,11H2,1-2H3. The first-order valence-corrected chi connectivity index (χ1v) is 12.9. The Kier molecular flexibility index (Phi) is 5.64. The molecule has 0 radical (unpaired) electrons. The fraction of sp³-hybridized carbons (Fsp3) is 0.357. The van der Waals surface area contributed by atoms with Gasteiger partial charge in [-0.2, -0.15) is 5.06 Å². The van der Waals surface area contributed by atoms with Gasteiger partial charge in [0.1, 0.15) is 17.3 Å². The van der Waals surface area contributed by atoms with Crippen LogP contribution < -0.4 is 9.64 Å². The maximum Gasteiger partial charge on any atom is 0.257 e. The lowest BCUT2D eigenvalue weighted by atomic mass is 9.51. The number of hydrogen-bond acceptors (Lipinski definition) is 7. The van der Waals surface area contributed by atoms with E-state index in [1.165, 1.54) is 25.3 Å². The van der Waals surface area contributed by atoms with Gasteiger partial charge in [0, 0.05) is 11.5 Å². The molecular weight excluding hydrogens is 531 g/mol. The Bertz CT molecular complexity index is 1510.